The van der Waals surface area contributed by atoms with Gasteiger partial charge in [0.2, 0.25) is 5.91 Å². The SMILES string of the molecule is CCC(CC)(CNC(=O)C(N)C(C)C)SC. The third-order valence-corrected chi connectivity index (χ3v) is 4.92. The average molecular weight is 246 g/mol. The van der Waals surface area contributed by atoms with Gasteiger partial charge in [-0.2, -0.15) is 11.8 Å². The molecule has 0 rings (SSSR count). The van der Waals surface area contributed by atoms with Crippen LogP contribution < -0.4 is 11.1 Å². The molecule has 1 atom stereocenters. The highest BCUT2D eigenvalue weighted by Gasteiger charge is 2.26. The topological polar surface area (TPSA) is 55.1 Å². The predicted molar refractivity (Wildman–Crippen MR) is 72.7 cm³/mol. The highest BCUT2D eigenvalue weighted by Crippen LogP contribution is 2.29. The summed E-state index contributed by atoms with van der Waals surface area (Å²) in [5.74, 6) is 0.155. The lowest BCUT2D eigenvalue weighted by Crippen LogP contribution is -2.48. The molecule has 0 radical (unpaired) electrons. The molecule has 4 heteroatoms. The van der Waals surface area contributed by atoms with E-state index in [4.69, 9.17) is 5.73 Å². The number of carbonyl (C=O) groups excluding carboxylic acids is 1. The molecule has 0 fully saturated rings. The number of thioether (sulfide) groups is 1. The van der Waals surface area contributed by atoms with Crippen LogP contribution in [-0.4, -0.2) is 29.5 Å². The zero-order valence-corrected chi connectivity index (χ0v) is 12.0. The largest absolute Gasteiger partial charge is 0.353 e. The van der Waals surface area contributed by atoms with Crippen molar-refractivity contribution in [1.29, 1.82) is 0 Å². The fraction of sp³-hybridized carbons (Fsp3) is 0.917. The van der Waals surface area contributed by atoms with Crippen LogP contribution in [-0.2, 0) is 4.79 Å². The van der Waals surface area contributed by atoms with Gasteiger partial charge in [0.1, 0.15) is 0 Å². The van der Waals surface area contributed by atoms with Gasteiger partial charge < -0.3 is 11.1 Å². The Hall–Kier alpha value is -0.220. The molecule has 0 aromatic rings. The average Bonchev–Trinajstić information content (AvgIpc) is 2.30. The molecule has 3 nitrogen and oxygen atoms in total. The monoisotopic (exact) mass is 246 g/mol. The molecule has 0 saturated heterocycles. The van der Waals surface area contributed by atoms with Crippen LogP contribution in [0.3, 0.4) is 0 Å². The van der Waals surface area contributed by atoms with Crippen molar-refractivity contribution in [2.75, 3.05) is 12.8 Å². The summed E-state index contributed by atoms with van der Waals surface area (Å²) in [6.45, 7) is 8.96. The number of hydrogen-bond donors (Lipinski definition) is 2. The quantitative estimate of drug-likeness (QED) is 0.722. The van der Waals surface area contributed by atoms with Gasteiger partial charge in [-0.25, -0.2) is 0 Å². The van der Waals surface area contributed by atoms with Crippen LogP contribution in [0.4, 0.5) is 0 Å². The van der Waals surface area contributed by atoms with Gasteiger partial charge in [0.25, 0.3) is 0 Å². The van der Waals surface area contributed by atoms with E-state index in [1.54, 1.807) is 0 Å². The van der Waals surface area contributed by atoms with E-state index in [2.05, 4.69) is 25.4 Å². The zero-order chi connectivity index (χ0) is 12.8. The van der Waals surface area contributed by atoms with Gasteiger partial charge in [0.05, 0.1) is 6.04 Å². The number of nitrogens with one attached hydrogen (secondary N) is 1. The van der Waals surface area contributed by atoms with Gasteiger partial charge in [-0.3, -0.25) is 4.79 Å². The molecular formula is C12H26N2OS. The van der Waals surface area contributed by atoms with Crippen molar-refractivity contribution >= 4 is 17.7 Å². The summed E-state index contributed by atoms with van der Waals surface area (Å²) in [6, 6.07) is -0.395. The van der Waals surface area contributed by atoms with Crippen LogP contribution in [0.25, 0.3) is 0 Å². The normalized spacial score (nSPS) is 13.9. The molecule has 0 heterocycles. The molecule has 1 unspecified atom stereocenters. The standard InChI is InChI=1S/C12H26N2OS/c1-6-12(7-2,16-5)8-14-11(15)10(13)9(3)4/h9-10H,6-8,13H2,1-5H3,(H,14,15). The summed E-state index contributed by atoms with van der Waals surface area (Å²) in [5.41, 5.74) is 5.79. The lowest BCUT2D eigenvalue weighted by molar-refractivity contribution is -0.123. The van der Waals surface area contributed by atoms with Gasteiger partial charge in [-0.15, -0.1) is 0 Å². The highest BCUT2D eigenvalue weighted by atomic mass is 32.2. The number of carbonyl (C=O) groups is 1. The number of nitrogens with two attached hydrogens (primary N) is 1. The summed E-state index contributed by atoms with van der Waals surface area (Å²) in [5, 5.41) is 2.97. The van der Waals surface area contributed by atoms with Gasteiger partial charge in [0.15, 0.2) is 0 Å². The van der Waals surface area contributed by atoms with Crippen LogP contribution in [0.2, 0.25) is 0 Å². The van der Waals surface area contributed by atoms with E-state index in [0.717, 1.165) is 12.8 Å². The summed E-state index contributed by atoms with van der Waals surface area (Å²) in [7, 11) is 0. The number of rotatable bonds is 7. The van der Waals surface area contributed by atoms with Crippen molar-refractivity contribution in [2.45, 2.75) is 51.3 Å². The van der Waals surface area contributed by atoms with Crippen LogP contribution in [0.1, 0.15) is 40.5 Å². The Morgan fingerprint density at radius 3 is 2.19 bits per heavy atom. The van der Waals surface area contributed by atoms with Gasteiger partial charge in [-0.1, -0.05) is 27.7 Å². The lowest BCUT2D eigenvalue weighted by Gasteiger charge is -2.30. The van der Waals surface area contributed by atoms with E-state index in [9.17, 15) is 4.79 Å². The zero-order valence-electron chi connectivity index (χ0n) is 11.2. The van der Waals surface area contributed by atoms with Gasteiger partial charge >= 0.3 is 0 Å². The Labute approximate surface area is 104 Å². The van der Waals surface area contributed by atoms with Gasteiger partial charge in [-0.05, 0) is 25.0 Å². The Kier molecular flexibility index (Phi) is 7.07. The van der Waals surface area contributed by atoms with Crippen molar-refractivity contribution in [3.05, 3.63) is 0 Å². The van der Waals surface area contributed by atoms with E-state index in [1.807, 2.05) is 25.6 Å². The van der Waals surface area contributed by atoms with Crippen LogP contribution in [0.5, 0.6) is 0 Å². The maximum Gasteiger partial charge on any atom is 0.237 e. The molecule has 0 aliphatic rings. The Bertz CT molecular complexity index is 207. The third-order valence-electron chi connectivity index (χ3n) is 3.33. The molecule has 0 bridgehead atoms. The van der Waals surface area contributed by atoms with Crippen LogP contribution in [0.15, 0.2) is 0 Å². The van der Waals surface area contributed by atoms with E-state index in [1.165, 1.54) is 0 Å². The molecule has 16 heavy (non-hydrogen) atoms. The molecular weight excluding hydrogens is 220 g/mol. The Balaban J connectivity index is 4.26. The molecule has 96 valence electrons. The second kappa shape index (κ2) is 7.17. The summed E-state index contributed by atoms with van der Waals surface area (Å²) < 4.78 is 0.159. The minimum Gasteiger partial charge on any atom is -0.353 e. The predicted octanol–water partition coefficient (Wildman–Crippen LogP) is 2.01. The third kappa shape index (κ3) is 4.34. The maximum atomic E-state index is 11.7. The van der Waals surface area contributed by atoms with Crippen LogP contribution in [0, 0.1) is 5.92 Å². The van der Waals surface area contributed by atoms with E-state index in [-0.39, 0.29) is 16.6 Å². The molecule has 0 aromatic heterocycles. The first-order valence-corrected chi connectivity index (χ1v) is 7.23. The first kappa shape index (κ1) is 15.8. The molecule has 3 N–H and O–H groups in total. The van der Waals surface area contributed by atoms with Crippen molar-refractivity contribution in [1.82, 2.24) is 5.32 Å². The minimum atomic E-state index is -0.395. The fourth-order valence-electron chi connectivity index (χ4n) is 1.53. The second-order valence-corrected chi connectivity index (χ2v) is 5.86. The Morgan fingerprint density at radius 1 is 1.38 bits per heavy atom. The molecule has 0 aliphatic carbocycles. The number of hydrogen-bond acceptors (Lipinski definition) is 3. The summed E-state index contributed by atoms with van der Waals surface area (Å²) in [6.07, 6.45) is 4.21. The van der Waals surface area contributed by atoms with Crippen molar-refractivity contribution in [2.24, 2.45) is 11.7 Å². The molecule has 0 aliphatic heterocycles. The molecule has 0 spiro atoms. The summed E-state index contributed by atoms with van der Waals surface area (Å²) >= 11 is 1.82. The Morgan fingerprint density at radius 2 is 1.88 bits per heavy atom. The first-order valence-electron chi connectivity index (χ1n) is 6.00. The molecule has 0 saturated carbocycles. The minimum absolute atomic E-state index is 0.0321. The van der Waals surface area contributed by atoms with Crippen molar-refractivity contribution in [3.63, 3.8) is 0 Å². The molecule has 1 amide bonds. The highest BCUT2D eigenvalue weighted by molar-refractivity contribution is 8.00. The maximum absolute atomic E-state index is 11.7. The van der Waals surface area contributed by atoms with Gasteiger partial charge in [0, 0.05) is 11.3 Å². The number of amides is 1. The van der Waals surface area contributed by atoms with E-state index in [0.29, 0.717) is 6.54 Å². The lowest BCUT2D eigenvalue weighted by atomic mass is 10.0. The summed E-state index contributed by atoms with van der Waals surface area (Å²) in [4.78, 5) is 11.7. The smallest absolute Gasteiger partial charge is 0.237 e. The first-order chi connectivity index (χ1) is 7.42. The fourth-order valence-corrected chi connectivity index (χ4v) is 2.32. The molecule has 0 aromatic carbocycles. The van der Waals surface area contributed by atoms with Crippen molar-refractivity contribution in [3.8, 4) is 0 Å². The second-order valence-electron chi connectivity index (χ2n) is 4.58. The van der Waals surface area contributed by atoms with E-state index < -0.39 is 6.04 Å². The van der Waals surface area contributed by atoms with Crippen molar-refractivity contribution < 1.29 is 4.79 Å². The van der Waals surface area contributed by atoms with Crippen LogP contribution >= 0.6 is 11.8 Å². The van der Waals surface area contributed by atoms with E-state index >= 15 is 0 Å².